The molecule has 1 aliphatic rings. The number of nitrogens with one attached hydrogen (secondary N) is 2. The number of primary amides is 1. The number of aromatic nitrogens is 5. The molecule has 1 aliphatic heterocycles. The second-order valence-electron chi connectivity index (χ2n) is 6.04. The molecule has 0 spiro atoms. The van der Waals surface area contributed by atoms with Crippen molar-refractivity contribution < 1.29 is 14.7 Å². The summed E-state index contributed by atoms with van der Waals surface area (Å²) in [4.78, 5) is 26.4. The summed E-state index contributed by atoms with van der Waals surface area (Å²) in [5, 5.41) is 21.3. The Bertz CT molecular complexity index is 993. The van der Waals surface area contributed by atoms with E-state index in [1.165, 1.54) is 0 Å². The Morgan fingerprint density at radius 2 is 2.21 bits per heavy atom. The number of carbonyl (C=O) groups is 2. The van der Waals surface area contributed by atoms with Gasteiger partial charge in [-0.2, -0.15) is 10.1 Å². The highest BCUT2D eigenvalue weighted by Crippen LogP contribution is 2.26. The third-order valence-electron chi connectivity index (χ3n) is 4.28. The minimum absolute atomic E-state index is 0.242. The lowest BCUT2D eigenvalue weighted by Gasteiger charge is -2.21. The molecule has 0 aliphatic carbocycles. The summed E-state index contributed by atoms with van der Waals surface area (Å²) in [6.45, 7) is 2.87. The molecule has 5 N–H and O–H groups in total. The maximum absolute atomic E-state index is 11.2. The van der Waals surface area contributed by atoms with Crippen LogP contribution in [-0.4, -0.2) is 54.9 Å². The minimum Gasteiger partial charge on any atom is -0.483 e. The van der Waals surface area contributed by atoms with Gasteiger partial charge in [0.2, 0.25) is 5.95 Å². The van der Waals surface area contributed by atoms with Gasteiger partial charge in [-0.1, -0.05) is 0 Å². The molecule has 0 saturated carbocycles. The molecule has 11 heteroatoms. The van der Waals surface area contributed by atoms with Crippen molar-refractivity contribution in [2.75, 3.05) is 16.8 Å². The van der Waals surface area contributed by atoms with Crippen LogP contribution in [0.15, 0.2) is 24.4 Å². The van der Waals surface area contributed by atoms with Crippen molar-refractivity contribution in [3.05, 3.63) is 30.1 Å². The maximum Gasteiger partial charge on any atom is 0.290 e. The number of aromatic amines is 1. The van der Waals surface area contributed by atoms with Crippen molar-refractivity contribution in [2.24, 2.45) is 5.73 Å². The van der Waals surface area contributed by atoms with Gasteiger partial charge in [-0.25, -0.2) is 4.52 Å². The number of rotatable bonds is 4. The summed E-state index contributed by atoms with van der Waals surface area (Å²) in [6.07, 6.45) is 12.2. The zero-order valence-electron chi connectivity index (χ0n) is 15.8. The normalized spacial score (nSPS) is 15.0. The van der Waals surface area contributed by atoms with Gasteiger partial charge >= 0.3 is 0 Å². The highest BCUT2D eigenvalue weighted by molar-refractivity contribution is 5.91. The first kappa shape index (κ1) is 21.2. The molecule has 1 amide bonds. The summed E-state index contributed by atoms with van der Waals surface area (Å²) >= 11 is 0. The monoisotopic (exact) mass is 398 g/mol. The van der Waals surface area contributed by atoms with Crippen LogP contribution in [0.2, 0.25) is 0 Å². The van der Waals surface area contributed by atoms with Crippen molar-refractivity contribution in [3.63, 3.8) is 0 Å². The van der Waals surface area contributed by atoms with Gasteiger partial charge in [0.25, 0.3) is 12.4 Å². The molecule has 4 heterocycles. The summed E-state index contributed by atoms with van der Waals surface area (Å²) in [6, 6.07) is 5.80. The van der Waals surface area contributed by atoms with Crippen LogP contribution < -0.4 is 16.0 Å². The second-order valence-corrected chi connectivity index (χ2v) is 6.04. The van der Waals surface area contributed by atoms with E-state index < -0.39 is 5.91 Å². The van der Waals surface area contributed by atoms with Crippen molar-refractivity contribution in [3.8, 4) is 12.8 Å². The molecule has 152 valence electrons. The van der Waals surface area contributed by atoms with E-state index in [1.807, 2.05) is 18.3 Å². The number of anilines is 3. The summed E-state index contributed by atoms with van der Waals surface area (Å²) < 4.78 is 1.79. The molecule has 0 aromatic carbocycles. The van der Waals surface area contributed by atoms with Gasteiger partial charge in [-0.15, -0.1) is 17.9 Å². The number of hydrogen-bond donors (Lipinski definition) is 4. The quantitative estimate of drug-likeness (QED) is 0.378. The fraction of sp³-hybridized carbons (Fsp3) is 0.278. The van der Waals surface area contributed by atoms with Crippen molar-refractivity contribution in [1.29, 1.82) is 0 Å². The van der Waals surface area contributed by atoms with Crippen LogP contribution in [0.4, 0.5) is 17.6 Å². The van der Waals surface area contributed by atoms with Crippen molar-refractivity contribution >= 4 is 35.5 Å². The van der Waals surface area contributed by atoms with Gasteiger partial charge in [-0.05, 0) is 31.9 Å². The third-order valence-corrected chi connectivity index (χ3v) is 4.28. The van der Waals surface area contributed by atoms with E-state index in [0.717, 1.165) is 24.9 Å². The Morgan fingerprint density at radius 1 is 1.48 bits per heavy atom. The average molecular weight is 398 g/mol. The number of terminal acetylenes is 1. The fourth-order valence-electron chi connectivity index (χ4n) is 3.00. The lowest BCUT2D eigenvalue weighted by atomic mass is 10.2. The van der Waals surface area contributed by atoms with Gasteiger partial charge in [0.05, 0.1) is 0 Å². The molecule has 0 radical (unpaired) electrons. The lowest BCUT2D eigenvalue weighted by molar-refractivity contribution is -0.122. The molecule has 1 atom stereocenters. The Labute approximate surface area is 166 Å². The summed E-state index contributed by atoms with van der Waals surface area (Å²) in [5.41, 5.74) is 6.31. The van der Waals surface area contributed by atoms with Crippen LogP contribution in [0, 0.1) is 12.8 Å². The Balaban J connectivity index is 0.000000551. The lowest BCUT2D eigenvalue weighted by Crippen LogP contribution is -2.29. The predicted octanol–water partition coefficient (Wildman–Crippen LogP) is 1.23. The molecule has 0 unspecified atom stereocenters. The van der Waals surface area contributed by atoms with Gasteiger partial charge in [0.1, 0.15) is 11.2 Å². The van der Waals surface area contributed by atoms with Crippen LogP contribution in [0.3, 0.4) is 0 Å². The molecule has 11 nitrogen and oxygen atoms in total. The second kappa shape index (κ2) is 9.75. The number of carboxylic acid groups (broad SMARTS) is 1. The van der Waals surface area contributed by atoms with Crippen LogP contribution >= 0.6 is 0 Å². The van der Waals surface area contributed by atoms with Crippen molar-refractivity contribution in [1.82, 2.24) is 24.8 Å². The molecule has 1 saturated heterocycles. The molecular formula is C18H22N8O3. The first-order valence-electron chi connectivity index (χ1n) is 8.69. The predicted molar refractivity (Wildman–Crippen MR) is 108 cm³/mol. The number of amides is 1. The van der Waals surface area contributed by atoms with E-state index in [4.69, 9.17) is 15.6 Å². The standard InChI is InChI=1S/C15H18N8O.C2H2.CH2O2/c1-9-4-2-6-22(9)15-18-14(11-5-3-7-23(11)21-15)17-12-8-10(13(16)24)19-20-12;1-2;2-1-3/h3,5,7-9H,2,4,6H2,1H3,(H2,16,24)(H2,17,18,19,20,21);1-2H;1H,(H,2,3)/t9-;;/m0../s1. The molecule has 3 aromatic rings. The summed E-state index contributed by atoms with van der Waals surface area (Å²) in [7, 11) is 0. The van der Waals surface area contributed by atoms with Gasteiger partial charge in [-0.3, -0.25) is 14.7 Å². The average Bonchev–Trinajstić information content (AvgIpc) is 3.44. The molecule has 1 fully saturated rings. The van der Waals surface area contributed by atoms with E-state index in [-0.39, 0.29) is 12.2 Å². The zero-order valence-corrected chi connectivity index (χ0v) is 15.8. The van der Waals surface area contributed by atoms with E-state index in [2.05, 4.69) is 50.3 Å². The number of nitrogens with two attached hydrogens (primary N) is 1. The number of H-pyrrole nitrogens is 1. The Hall–Kier alpha value is -4.07. The first-order chi connectivity index (χ1) is 14.0. The smallest absolute Gasteiger partial charge is 0.290 e. The molecule has 29 heavy (non-hydrogen) atoms. The zero-order chi connectivity index (χ0) is 21.4. The largest absolute Gasteiger partial charge is 0.483 e. The highest BCUT2D eigenvalue weighted by atomic mass is 16.3. The van der Waals surface area contributed by atoms with E-state index in [9.17, 15) is 4.79 Å². The van der Waals surface area contributed by atoms with Gasteiger partial charge < -0.3 is 21.1 Å². The van der Waals surface area contributed by atoms with E-state index in [0.29, 0.717) is 23.6 Å². The molecule has 4 rings (SSSR count). The van der Waals surface area contributed by atoms with E-state index >= 15 is 0 Å². The highest BCUT2D eigenvalue weighted by Gasteiger charge is 2.24. The van der Waals surface area contributed by atoms with Crippen molar-refractivity contribution in [2.45, 2.75) is 25.8 Å². The maximum atomic E-state index is 11.2. The number of carbonyl (C=O) groups excluding carboxylic acids is 1. The number of hydrogen-bond acceptors (Lipinski definition) is 7. The van der Waals surface area contributed by atoms with Gasteiger partial charge in [0, 0.05) is 24.8 Å². The summed E-state index contributed by atoms with van der Waals surface area (Å²) in [5.74, 6) is 1.23. The van der Waals surface area contributed by atoms with Crippen LogP contribution in [0.25, 0.3) is 5.52 Å². The molecule has 3 aromatic heterocycles. The van der Waals surface area contributed by atoms with Crippen LogP contribution in [0.1, 0.15) is 30.3 Å². The first-order valence-corrected chi connectivity index (χ1v) is 8.69. The Morgan fingerprint density at radius 3 is 2.79 bits per heavy atom. The van der Waals surface area contributed by atoms with Crippen LogP contribution in [-0.2, 0) is 4.79 Å². The Kier molecular flexibility index (Phi) is 7.14. The van der Waals surface area contributed by atoms with E-state index in [1.54, 1.807) is 10.6 Å². The molecule has 0 bridgehead atoms. The topological polar surface area (TPSA) is 155 Å². The van der Waals surface area contributed by atoms with Gasteiger partial charge in [0.15, 0.2) is 11.6 Å². The molecular weight excluding hydrogens is 376 g/mol. The minimum atomic E-state index is -0.558. The SMILES string of the molecule is C#C.C[C@H]1CCCN1c1nc(Nc2cc(C(N)=O)[nH]n2)c2cccn2n1.O=CO. The fourth-order valence-corrected chi connectivity index (χ4v) is 3.00. The number of nitrogens with zero attached hydrogens (tertiary/aromatic N) is 5. The number of fused-ring (bicyclic) bond motifs is 1. The van der Waals surface area contributed by atoms with Crippen LogP contribution in [0.5, 0.6) is 0 Å². The third kappa shape index (κ3) is 4.81.